The molecule has 4 heteroatoms. The molecule has 0 spiro atoms. The summed E-state index contributed by atoms with van der Waals surface area (Å²) in [6, 6.07) is 15.7. The minimum Gasteiger partial charge on any atom is -0.457 e. The topological polar surface area (TPSA) is 52.6 Å². The van der Waals surface area contributed by atoms with Crippen molar-refractivity contribution < 1.29 is 19.1 Å². The van der Waals surface area contributed by atoms with Crippen molar-refractivity contribution >= 4 is 11.9 Å². The van der Waals surface area contributed by atoms with Crippen LogP contribution in [0, 0.1) is 0 Å². The standard InChI is InChI=1S/C17H14O4/c1-2-16(18)21-15-11-7-6-10-14(15)17(19)20-12-13-8-4-3-5-9-13/h2-11H,1,12H2. The number of hydrogen-bond donors (Lipinski definition) is 0. The molecule has 0 atom stereocenters. The van der Waals surface area contributed by atoms with Gasteiger partial charge in [0, 0.05) is 6.08 Å². The van der Waals surface area contributed by atoms with E-state index in [1.165, 1.54) is 6.07 Å². The second-order valence-corrected chi connectivity index (χ2v) is 4.18. The van der Waals surface area contributed by atoms with Crippen LogP contribution in [0.4, 0.5) is 0 Å². The van der Waals surface area contributed by atoms with E-state index in [0.717, 1.165) is 11.6 Å². The Kier molecular flexibility index (Phi) is 4.88. The summed E-state index contributed by atoms with van der Waals surface area (Å²) in [7, 11) is 0. The first-order chi connectivity index (χ1) is 10.2. The molecule has 0 fully saturated rings. The first-order valence-electron chi connectivity index (χ1n) is 6.35. The van der Waals surface area contributed by atoms with Gasteiger partial charge in [0.2, 0.25) is 0 Å². The number of hydrogen-bond acceptors (Lipinski definition) is 4. The van der Waals surface area contributed by atoms with E-state index in [2.05, 4.69) is 6.58 Å². The Balaban J connectivity index is 2.08. The summed E-state index contributed by atoms with van der Waals surface area (Å²) in [5.74, 6) is -1.02. The van der Waals surface area contributed by atoms with Gasteiger partial charge in [-0.1, -0.05) is 49.0 Å². The molecule has 0 aliphatic heterocycles. The number of rotatable bonds is 5. The molecule has 0 aromatic heterocycles. The molecule has 0 aliphatic carbocycles. The molecular weight excluding hydrogens is 268 g/mol. The lowest BCUT2D eigenvalue weighted by molar-refractivity contribution is -0.128. The highest BCUT2D eigenvalue weighted by Crippen LogP contribution is 2.19. The van der Waals surface area contributed by atoms with E-state index in [-0.39, 0.29) is 17.9 Å². The van der Waals surface area contributed by atoms with Crippen molar-refractivity contribution in [1.82, 2.24) is 0 Å². The van der Waals surface area contributed by atoms with Crippen molar-refractivity contribution in [2.75, 3.05) is 0 Å². The molecule has 21 heavy (non-hydrogen) atoms. The lowest BCUT2D eigenvalue weighted by Crippen LogP contribution is -2.10. The van der Waals surface area contributed by atoms with E-state index in [9.17, 15) is 9.59 Å². The zero-order chi connectivity index (χ0) is 15.1. The number of para-hydroxylation sites is 1. The maximum atomic E-state index is 12.1. The van der Waals surface area contributed by atoms with E-state index in [1.807, 2.05) is 30.3 Å². The van der Waals surface area contributed by atoms with Gasteiger partial charge >= 0.3 is 11.9 Å². The lowest BCUT2D eigenvalue weighted by Gasteiger charge is -2.09. The predicted octanol–water partition coefficient (Wildman–Crippen LogP) is 3.14. The monoisotopic (exact) mass is 282 g/mol. The molecule has 106 valence electrons. The average Bonchev–Trinajstić information content (AvgIpc) is 2.54. The molecule has 0 bridgehead atoms. The molecule has 0 radical (unpaired) electrons. The summed E-state index contributed by atoms with van der Waals surface area (Å²) in [6.45, 7) is 3.47. The van der Waals surface area contributed by atoms with Crippen molar-refractivity contribution in [3.8, 4) is 5.75 Å². The highest BCUT2D eigenvalue weighted by molar-refractivity contribution is 5.94. The molecule has 4 nitrogen and oxygen atoms in total. The normalized spacial score (nSPS) is 9.71. The fraction of sp³-hybridized carbons (Fsp3) is 0.0588. The SMILES string of the molecule is C=CC(=O)Oc1ccccc1C(=O)OCc1ccccc1. The maximum Gasteiger partial charge on any atom is 0.342 e. The maximum absolute atomic E-state index is 12.1. The van der Waals surface area contributed by atoms with E-state index in [0.29, 0.717) is 0 Å². The van der Waals surface area contributed by atoms with Gasteiger partial charge < -0.3 is 9.47 Å². The van der Waals surface area contributed by atoms with Gasteiger partial charge in [-0.15, -0.1) is 0 Å². The van der Waals surface area contributed by atoms with Gasteiger partial charge in [0.15, 0.2) is 0 Å². The highest BCUT2D eigenvalue weighted by atomic mass is 16.5. The largest absolute Gasteiger partial charge is 0.457 e. The zero-order valence-electron chi connectivity index (χ0n) is 11.3. The van der Waals surface area contributed by atoms with Gasteiger partial charge in [-0.25, -0.2) is 9.59 Å². The van der Waals surface area contributed by atoms with Crippen LogP contribution in [0.25, 0.3) is 0 Å². The van der Waals surface area contributed by atoms with E-state index in [1.54, 1.807) is 18.2 Å². The summed E-state index contributed by atoms with van der Waals surface area (Å²) in [6.07, 6.45) is 1.03. The van der Waals surface area contributed by atoms with E-state index < -0.39 is 11.9 Å². The molecule has 0 amide bonds. The van der Waals surface area contributed by atoms with Crippen LogP contribution in [-0.2, 0) is 16.1 Å². The Bertz CT molecular complexity index is 647. The highest BCUT2D eigenvalue weighted by Gasteiger charge is 2.15. The van der Waals surface area contributed by atoms with Crippen molar-refractivity contribution in [2.24, 2.45) is 0 Å². The van der Waals surface area contributed by atoms with Crippen LogP contribution in [0.1, 0.15) is 15.9 Å². The molecule has 0 saturated heterocycles. The van der Waals surface area contributed by atoms with Crippen LogP contribution in [-0.4, -0.2) is 11.9 Å². The van der Waals surface area contributed by atoms with Crippen LogP contribution in [0.3, 0.4) is 0 Å². The van der Waals surface area contributed by atoms with Gasteiger partial charge in [0.05, 0.1) is 0 Å². The Morgan fingerprint density at radius 2 is 1.67 bits per heavy atom. The molecule has 2 aromatic carbocycles. The number of carbonyl (C=O) groups excluding carboxylic acids is 2. The molecule has 0 saturated carbocycles. The molecule has 2 rings (SSSR count). The predicted molar refractivity (Wildman–Crippen MR) is 77.8 cm³/mol. The molecule has 0 heterocycles. The quantitative estimate of drug-likeness (QED) is 0.480. The molecular formula is C17H14O4. The minimum atomic E-state index is -0.627. The minimum absolute atomic E-state index is 0.153. The molecule has 2 aromatic rings. The molecule has 0 aliphatic rings. The van der Waals surface area contributed by atoms with Gasteiger partial charge in [0.25, 0.3) is 0 Å². The van der Waals surface area contributed by atoms with E-state index >= 15 is 0 Å². The van der Waals surface area contributed by atoms with Gasteiger partial charge in [-0.3, -0.25) is 0 Å². The lowest BCUT2D eigenvalue weighted by atomic mass is 10.2. The zero-order valence-corrected chi connectivity index (χ0v) is 11.3. The number of carbonyl (C=O) groups is 2. The Morgan fingerprint density at radius 1 is 1.00 bits per heavy atom. The first kappa shape index (κ1) is 14.5. The fourth-order valence-corrected chi connectivity index (χ4v) is 1.68. The van der Waals surface area contributed by atoms with Crippen molar-refractivity contribution in [3.05, 3.63) is 78.4 Å². The number of benzene rings is 2. The van der Waals surface area contributed by atoms with Crippen LogP contribution >= 0.6 is 0 Å². The van der Waals surface area contributed by atoms with Crippen LogP contribution < -0.4 is 4.74 Å². The van der Waals surface area contributed by atoms with Crippen molar-refractivity contribution in [3.63, 3.8) is 0 Å². The van der Waals surface area contributed by atoms with Gasteiger partial charge in [-0.05, 0) is 17.7 Å². The van der Waals surface area contributed by atoms with Gasteiger partial charge in [-0.2, -0.15) is 0 Å². The Morgan fingerprint density at radius 3 is 2.38 bits per heavy atom. The summed E-state index contributed by atoms with van der Waals surface area (Å²) in [5, 5.41) is 0. The van der Waals surface area contributed by atoms with Crippen LogP contribution in [0.2, 0.25) is 0 Å². The van der Waals surface area contributed by atoms with E-state index in [4.69, 9.17) is 9.47 Å². The Labute approximate surface area is 122 Å². The molecule has 0 unspecified atom stereocenters. The van der Waals surface area contributed by atoms with Crippen molar-refractivity contribution in [2.45, 2.75) is 6.61 Å². The molecule has 0 N–H and O–H groups in total. The summed E-state index contributed by atoms with van der Waals surface area (Å²) in [5.41, 5.74) is 1.08. The number of ether oxygens (including phenoxy) is 2. The van der Waals surface area contributed by atoms with Crippen molar-refractivity contribution in [1.29, 1.82) is 0 Å². The second-order valence-electron chi connectivity index (χ2n) is 4.18. The summed E-state index contributed by atoms with van der Waals surface area (Å²) in [4.78, 5) is 23.3. The fourth-order valence-electron chi connectivity index (χ4n) is 1.68. The smallest absolute Gasteiger partial charge is 0.342 e. The second kappa shape index (κ2) is 7.05. The third kappa shape index (κ3) is 4.04. The summed E-state index contributed by atoms with van der Waals surface area (Å²) < 4.78 is 10.2. The number of esters is 2. The van der Waals surface area contributed by atoms with Crippen LogP contribution in [0.5, 0.6) is 5.75 Å². The average molecular weight is 282 g/mol. The van der Waals surface area contributed by atoms with Gasteiger partial charge in [0.1, 0.15) is 17.9 Å². The van der Waals surface area contributed by atoms with Crippen LogP contribution in [0.15, 0.2) is 67.3 Å². The first-order valence-corrected chi connectivity index (χ1v) is 6.35. The third-order valence-electron chi connectivity index (χ3n) is 2.70. The Hall–Kier alpha value is -2.88. The third-order valence-corrected chi connectivity index (χ3v) is 2.70. The summed E-state index contributed by atoms with van der Waals surface area (Å²) >= 11 is 0.